The Morgan fingerprint density at radius 1 is 0.436 bits per heavy atom. The van der Waals surface area contributed by atoms with Crippen LogP contribution in [-0.4, -0.2) is 86.6 Å². The number of hydrogen-bond donors (Lipinski definition) is 5. The van der Waals surface area contributed by atoms with Crippen molar-refractivity contribution in [1.29, 1.82) is 0 Å². The van der Waals surface area contributed by atoms with E-state index in [9.17, 15) is 30.7 Å². The Kier molecular flexibility index (Phi) is 16.6. The first-order valence-corrected chi connectivity index (χ1v) is 28.7. The van der Waals surface area contributed by atoms with Crippen LogP contribution in [0.4, 0.5) is 42.4 Å². The van der Waals surface area contributed by atoms with E-state index in [1.165, 1.54) is 55.0 Å². The molecule has 0 spiro atoms. The number of aryl methyl sites for hydroxylation is 1. The molecule has 0 atom stereocenters. The Bertz CT molecular complexity index is 5230. The highest BCUT2D eigenvalue weighted by molar-refractivity contribution is 5.99. The number of hydrogen-bond acceptors (Lipinski definition) is 15. The second-order valence-electron chi connectivity index (χ2n) is 21.1. The van der Waals surface area contributed by atoms with Crippen molar-refractivity contribution < 1.29 is 48.8 Å². The van der Waals surface area contributed by atoms with E-state index < -0.39 is 34.9 Å². The molecule has 94 heavy (non-hydrogen) atoms. The average molecular weight is 1270 g/mol. The molecule has 0 bridgehead atoms. The summed E-state index contributed by atoms with van der Waals surface area (Å²) in [5.41, 5.74) is 8.27. The highest BCUT2D eigenvalue weighted by Crippen LogP contribution is 2.42. The Balaban J connectivity index is 0.000000114. The van der Waals surface area contributed by atoms with E-state index in [0.29, 0.717) is 84.2 Å². The van der Waals surface area contributed by atoms with E-state index >= 15 is 0 Å². The molecule has 0 aliphatic rings. The third-order valence-corrected chi connectivity index (χ3v) is 15.1. The largest absolute Gasteiger partial charge is 0.370 e. The molecule has 0 aliphatic heterocycles. The molecule has 5 N–H and O–H groups in total. The van der Waals surface area contributed by atoms with Gasteiger partial charge in [-0.05, 0) is 80.1 Å². The summed E-state index contributed by atoms with van der Waals surface area (Å²) in [6.45, 7) is 4.45. The molecule has 5 aromatic carbocycles. The summed E-state index contributed by atoms with van der Waals surface area (Å²) in [5, 5.41) is 35.3. The van der Waals surface area contributed by atoms with Gasteiger partial charge in [-0.1, -0.05) is 93.4 Å². The molecule has 468 valence electrons. The van der Waals surface area contributed by atoms with Gasteiger partial charge in [0.1, 0.15) is 34.5 Å². The number of anilines is 2. The molecule has 19 nitrogen and oxygen atoms in total. The van der Waals surface area contributed by atoms with Crippen LogP contribution in [0.15, 0.2) is 195 Å². The number of fused-ring (bicyclic) bond motifs is 4. The second-order valence-corrected chi connectivity index (χ2v) is 21.1. The molecule has 0 amide bonds. The summed E-state index contributed by atoms with van der Waals surface area (Å²) in [6, 6.07) is 36.0. The monoisotopic (exact) mass is 1270 g/mol. The number of aromatic nitrogens is 13. The molecule has 26 heteroatoms. The number of benzene rings is 5. The average Bonchev–Trinajstić information content (AvgIpc) is 1.72. The zero-order chi connectivity index (χ0) is 65.1. The summed E-state index contributed by atoms with van der Waals surface area (Å²) in [5.74, 6) is -2.82. The number of nitrogens with one attached hydrogen (secondary N) is 5. The van der Waals surface area contributed by atoms with Gasteiger partial charge >= 0.3 is 0 Å². The minimum absolute atomic E-state index is 0.0660. The van der Waals surface area contributed by atoms with Gasteiger partial charge in [0.25, 0.3) is 0 Å². The molecule has 11 aromatic heterocycles. The Labute approximate surface area is 526 Å². The number of para-hydroxylation sites is 1. The maximum Gasteiger partial charge on any atom is 0.193 e. The molecular weight excluding hydrogens is 1220 g/mol. The number of pyridine rings is 3. The SMILES string of the molecule is CCNc1ccc2c(-c3oncc3-c3cccc(F)c3F)[nH]nc2n1.Cc1cccc(-c2cnoc2-c2c[nH]c3nc(N(C)C)ccc23)c1F.Fc1cccc(-c2cnoc2-c2[nH]nc3ncccc23)c1F.Fc1cccc(-c2cnoc2-c2c[nH]c3ccccc23)c1F. The normalized spacial score (nSPS) is 11.2. The van der Waals surface area contributed by atoms with Gasteiger partial charge in [0, 0.05) is 88.9 Å². The Morgan fingerprint density at radius 2 is 0.915 bits per heavy atom. The number of nitrogens with zero attached hydrogens (tertiary/aromatic N) is 10. The summed E-state index contributed by atoms with van der Waals surface area (Å²) >= 11 is 0. The lowest BCUT2D eigenvalue weighted by molar-refractivity contribution is 0.431. The highest BCUT2D eigenvalue weighted by Gasteiger charge is 2.26. The van der Waals surface area contributed by atoms with Gasteiger partial charge in [-0.3, -0.25) is 10.2 Å². The number of rotatable bonds is 11. The minimum Gasteiger partial charge on any atom is -0.370 e. The number of halogens is 7. The molecule has 11 heterocycles. The van der Waals surface area contributed by atoms with Gasteiger partial charge in [0.2, 0.25) is 0 Å². The zero-order valence-electron chi connectivity index (χ0n) is 49.7. The third-order valence-electron chi connectivity index (χ3n) is 15.1. The van der Waals surface area contributed by atoms with Crippen molar-refractivity contribution in [1.82, 2.24) is 65.9 Å². The van der Waals surface area contributed by atoms with Crippen LogP contribution in [0.5, 0.6) is 0 Å². The van der Waals surface area contributed by atoms with Crippen LogP contribution in [0.2, 0.25) is 0 Å². The first kappa shape index (κ1) is 60.4. The van der Waals surface area contributed by atoms with Crippen molar-refractivity contribution in [3.05, 3.63) is 223 Å². The van der Waals surface area contributed by atoms with Gasteiger partial charge in [-0.15, -0.1) is 0 Å². The van der Waals surface area contributed by atoms with E-state index in [4.69, 9.17) is 18.1 Å². The van der Waals surface area contributed by atoms with Crippen LogP contribution >= 0.6 is 0 Å². The Hall–Kier alpha value is -12.5. The molecule has 0 unspecified atom stereocenters. The van der Waals surface area contributed by atoms with Crippen molar-refractivity contribution in [2.24, 2.45) is 0 Å². The number of aromatic amines is 4. The van der Waals surface area contributed by atoms with E-state index in [1.54, 1.807) is 49.8 Å². The van der Waals surface area contributed by atoms with Gasteiger partial charge in [-0.25, -0.2) is 45.7 Å². The van der Waals surface area contributed by atoms with Crippen LogP contribution < -0.4 is 10.2 Å². The molecule has 16 aromatic rings. The van der Waals surface area contributed by atoms with Crippen molar-refractivity contribution >= 4 is 55.6 Å². The van der Waals surface area contributed by atoms with E-state index in [1.807, 2.05) is 86.7 Å². The van der Waals surface area contributed by atoms with Crippen LogP contribution in [0.3, 0.4) is 0 Å². The van der Waals surface area contributed by atoms with Crippen LogP contribution in [-0.2, 0) is 0 Å². The Morgan fingerprint density at radius 3 is 1.49 bits per heavy atom. The van der Waals surface area contributed by atoms with Gasteiger partial charge in [0.05, 0.1) is 57.8 Å². The minimum atomic E-state index is -0.955. The number of H-pyrrole nitrogens is 4. The lowest BCUT2D eigenvalue weighted by atomic mass is 10.0. The van der Waals surface area contributed by atoms with Crippen molar-refractivity contribution in [2.75, 3.05) is 30.9 Å². The van der Waals surface area contributed by atoms with Crippen LogP contribution in [0.25, 0.3) is 134 Å². The fraction of sp³-hybridized carbons (Fsp3) is 0.0735. The topological polar surface area (TPSA) is 247 Å². The molecule has 0 saturated carbocycles. The van der Waals surface area contributed by atoms with Gasteiger partial charge < -0.3 is 38.3 Å². The fourth-order valence-electron chi connectivity index (χ4n) is 10.5. The predicted molar refractivity (Wildman–Crippen MR) is 339 cm³/mol. The van der Waals surface area contributed by atoms with Crippen molar-refractivity contribution in [3.63, 3.8) is 0 Å². The lowest BCUT2D eigenvalue weighted by Gasteiger charge is -2.10. The zero-order valence-corrected chi connectivity index (χ0v) is 49.7. The first-order valence-electron chi connectivity index (χ1n) is 28.7. The van der Waals surface area contributed by atoms with Crippen molar-refractivity contribution in [2.45, 2.75) is 13.8 Å². The summed E-state index contributed by atoms with van der Waals surface area (Å²) < 4.78 is 119. The van der Waals surface area contributed by atoms with E-state index in [-0.39, 0.29) is 34.0 Å². The van der Waals surface area contributed by atoms with Gasteiger partial charge in [-0.2, -0.15) is 10.2 Å². The second kappa shape index (κ2) is 25.8. The summed E-state index contributed by atoms with van der Waals surface area (Å²) in [7, 11) is 3.88. The molecule has 0 radical (unpaired) electrons. The maximum absolute atomic E-state index is 14.5. The highest BCUT2D eigenvalue weighted by atomic mass is 19.2. The molecule has 16 rings (SSSR count). The van der Waals surface area contributed by atoms with E-state index in [2.05, 4.69) is 71.3 Å². The van der Waals surface area contributed by atoms with Crippen LogP contribution in [0, 0.1) is 47.6 Å². The van der Waals surface area contributed by atoms with E-state index in [0.717, 1.165) is 63.6 Å². The molecule has 0 aliphatic carbocycles. The standard InChI is InChI=1S/C19H17FN4O.C17H13F2N5O.C17H10F2N2O.C15H8F2N4O/c1-11-5-4-6-12(17(11)20)15-10-22-25-18(15)14-9-21-19-13(14)7-8-16(23-19)24(2)3;1-2-20-13-7-6-10-15(23-24-17(10)22-13)16-11(8-21-25-16)9-4-3-5-12(18)14(9)19;18-14-6-3-5-11(16(14)19)13-9-21-22-17(13)12-8-20-15-7-2-1-4-10(12)15;16-11-5-1-3-8(12(11)17)10-7-19-22-14(10)13-9-4-2-6-18-15(9)21-20-13/h4-10H,1-3H3,(H,21,23);3-8H,2H2,1H3,(H2,20,22,23,24);1-9,20H;1-7H,(H,18,20,21). The lowest BCUT2D eigenvalue weighted by Crippen LogP contribution is -2.10. The van der Waals surface area contributed by atoms with Gasteiger partial charge in [0.15, 0.2) is 69.2 Å². The molecular formula is C68H48F7N15O4. The van der Waals surface area contributed by atoms with Crippen LogP contribution in [0.1, 0.15) is 12.5 Å². The summed E-state index contributed by atoms with van der Waals surface area (Å²) in [6.07, 6.45) is 10.8. The van der Waals surface area contributed by atoms with Crippen molar-refractivity contribution in [3.8, 4) is 90.1 Å². The first-order chi connectivity index (χ1) is 45.8. The summed E-state index contributed by atoms with van der Waals surface area (Å²) in [4.78, 5) is 21.3. The fourth-order valence-corrected chi connectivity index (χ4v) is 10.5. The quantitative estimate of drug-likeness (QED) is 0.0756. The molecule has 0 saturated heterocycles. The maximum atomic E-state index is 14.5. The third kappa shape index (κ3) is 11.5. The predicted octanol–water partition coefficient (Wildman–Crippen LogP) is 16.7. The molecule has 0 fully saturated rings. The smallest absolute Gasteiger partial charge is 0.193 e.